The van der Waals surface area contributed by atoms with Crippen molar-refractivity contribution in [3.05, 3.63) is 200 Å². The Kier molecular flexibility index (Phi) is 8.08. The number of aromatic nitrogens is 4. The van der Waals surface area contributed by atoms with Crippen LogP contribution in [0.4, 0.5) is 17.1 Å². The van der Waals surface area contributed by atoms with Gasteiger partial charge in [0, 0.05) is 60.9 Å². The predicted octanol–water partition coefficient (Wildman–Crippen LogP) is 12.9. The van der Waals surface area contributed by atoms with Crippen molar-refractivity contribution in [1.29, 1.82) is 0 Å². The van der Waals surface area contributed by atoms with Crippen molar-refractivity contribution in [3.8, 4) is 45.4 Å². The molecule has 5 nitrogen and oxygen atoms in total. The number of hydrogen-bond donors (Lipinski definition) is 0. The lowest BCUT2D eigenvalue weighted by molar-refractivity contribution is 1.08. The van der Waals surface area contributed by atoms with E-state index in [4.69, 9.17) is 19.9 Å². The SMILES string of the molecule is c1ccc(-c2nc(-c3ccccc3)nc(-c3cccc4ccc5c(-c6ccc(N(c7ccccc7)c7ccccc7)cc6)nc6ccccc6c5c34)n2)cc1. The Morgan fingerprint density at radius 3 is 1.45 bits per heavy atom. The number of para-hydroxylation sites is 3. The summed E-state index contributed by atoms with van der Waals surface area (Å²) < 4.78 is 0. The molecule has 0 radical (unpaired) electrons. The number of benzene rings is 8. The fourth-order valence-corrected chi connectivity index (χ4v) is 7.52. The van der Waals surface area contributed by atoms with Gasteiger partial charge in [-0.25, -0.2) is 19.9 Å². The van der Waals surface area contributed by atoms with E-state index in [1.54, 1.807) is 0 Å². The topological polar surface area (TPSA) is 54.8 Å². The van der Waals surface area contributed by atoms with Gasteiger partial charge in [0.15, 0.2) is 17.5 Å². The quantitative estimate of drug-likeness (QED) is 0.155. The third-order valence-electron chi connectivity index (χ3n) is 10.1. The minimum atomic E-state index is 0.625. The van der Waals surface area contributed by atoms with Gasteiger partial charge in [-0.1, -0.05) is 158 Å². The van der Waals surface area contributed by atoms with Crippen LogP contribution in [0.5, 0.6) is 0 Å². The Hall–Kier alpha value is -7.50. The van der Waals surface area contributed by atoms with Crippen molar-refractivity contribution in [2.75, 3.05) is 4.90 Å². The molecular formula is C50H33N5. The van der Waals surface area contributed by atoms with Crippen LogP contribution >= 0.6 is 0 Å². The molecule has 0 aliphatic carbocycles. The molecule has 0 bridgehead atoms. The molecule has 10 aromatic rings. The van der Waals surface area contributed by atoms with Crippen LogP contribution in [0.1, 0.15) is 0 Å². The fraction of sp³-hybridized carbons (Fsp3) is 0. The van der Waals surface area contributed by atoms with Gasteiger partial charge >= 0.3 is 0 Å². The second-order valence-corrected chi connectivity index (χ2v) is 13.5. The Morgan fingerprint density at radius 2 is 0.836 bits per heavy atom. The minimum absolute atomic E-state index is 0.625. The molecule has 258 valence electrons. The Bertz CT molecular complexity index is 2850. The van der Waals surface area contributed by atoms with Crippen molar-refractivity contribution in [1.82, 2.24) is 19.9 Å². The second kappa shape index (κ2) is 13.8. The second-order valence-electron chi connectivity index (χ2n) is 13.5. The van der Waals surface area contributed by atoms with Gasteiger partial charge in [0.25, 0.3) is 0 Å². The van der Waals surface area contributed by atoms with Crippen LogP contribution in [-0.2, 0) is 0 Å². The molecule has 0 aliphatic heterocycles. The maximum Gasteiger partial charge on any atom is 0.164 e. The highest BCUT2D eigenvalue weighted by Crippen LogP contribution is 2.42. The summed E-state index contributed by atoms with van der Waals surface area (Å²) in [5, 5.41) is 5.45. The molecule has 5 heteroatoms. The van der Waals surface area contributed by atoms with Crippen LogP contribution in [0.25, 0.3) is 77.9 Å². The van der Waals surface area contributed by atoms with Gasteiger partial charge in [-0.15, -0.1) is 0 Å². The molecule has 0 amide bonds. The molecule has 55 heavy (non-hydrogen) atoms. The van der Waals surface area contributed by atoms with E-state index in [9.17, 15) is 0 Å². The van der Waals surface area contributed by atoms with Gasteiger partial charge in [0.05, 0.1) is 11.2 Å². The van der Waals surface area contributed by atoms with Crippen molar-refractivity contribution < 1.29 is 0 Å². The average Bonchev–Trinajstić information content (AvgIpc) is 3.27. The summed E-state index contributed by atoms with van der Waals surface area (Å²) in [7, 11) is 0. The zero-order valence-electron chi connectivity index (χ0n) is 29.8. The maximum absolute atomic E-state index is 5.33. The van der Waals surface area contributed by atoms with E-state index in [0.29, 0.717) is 17.5 Å². The van der Waals surface area contributed by atoms with E-state index >= 15 is 0 Å². The zero-order chi connectivity index (χ0) is 36.6. The van der Waals surface area contributed by atoms with Gasteiger partial charge < -0.3 is 4.90 Å². The summed E-state index contributed by atoms with van der Waals surface area (Å²) in [4.78, 5) is 22.9. The molecule has 0 fully saturated rings. The summed E-state index contributed by atoms with van der Waals surface area (Å²) in [6.07, 6.45) is 0. The number of rotatable bonds is 7. The maximum atomic E-state index is 5.33. The third-order valence-corrected chi connectivity index (χ3v) is 10.1. The molecule has 0 aliphatic rings. The Morgan fingerprint density at radius 1 is 0.309 bits per heavy atom. The lowest BCUT2D eigenvalue weighted by atomic mass is 9.92. The normalized spacial score (nSPS) is 11.3. The molecule has 0 saturated carbocycles. The molecule has 0 spiro atoms. The van der Waals surface area contributed by atoms with Crippen molar-refractivity contribution in [2.45, 2.75) is 0 Å². The monoisotopic (exact) mass is 703 g/mol. The summed E-state index contributed by atoms with van der Waals surface area (Å²) in [6.45, 7) is 0. The first kappa shape index (κ1) is 32.2. The van der Waals surface area contributed by atoms with Crippen LogP contribution in [0, 0.1) is 0 Å². The van der Waals surface area contributed by atoms with Crippen LogP contribution in [0.3, 0.4) is 0 Å². The lowest BCUT2D eigenvalue weighted by Gasteiger charge is -2.25. The molecule has 0 N–H and O–H groups in total. The molecule has 0 atom stereocenters. The first-order chi connectivity index (χ1) is 27.3. The Labute approximate surface area is 318 Å². The number of anilines is 3. The first-order valence-corrected chi connectivity index (χ1v) is 18.4. The van der Waals surface area contributed by atoms with E-state index in [2.05, 4.69) is 132 Å². The number of pyridine rings is 1. The van der Waals surface area contributed by atoms with E-state index in [-0.39, 0.29) is 0 Å². The highest BCUT2D eigenvalue weighted by Gasteiger charge is 2.20. The molecular weight excluding hydrogens is 671 g/mol. The van der Waals surface area contributed by atoms with Gasteiger partial charge in [0.2, 0.25) is 0 Å². The van der Waals surface area contributed by atoms with Crippen LogP contribution in [-0.4, -0.2) is 19.9 Å². The van der Waals surface area contributed by atoms with Crippen LogP contribution in [0.15, 0.2) is 200 Å². The summed E-state index contributed by atoms with van der Waals surface area (Å²) in [6, 6.07) is 69.2. The van der Waals surface area contributed by atoms with Crippen molar-refractivity contribution in [3.63, 3.8) is 0 Å². The Balaban J connectivity index is 1.19. The minimum Gasteiger partial charge on any atom is -0.311 e. The standard InChI is InChI=1S/C50H33N5/c1-5-16-36(17-6-1)48-52-49(37-18-7-2-8-19-37)54-50(53-48)43-26-15-20-34-30-33-42-46(45(34)43)41-25-13-14-27-44(41)51-47(42)35-28-31-40(32-29-35)55(38-21-9-3-10-22-38)39-23-11-4-12-24-39/h1-33H. The van der Waals surface area contributed by atoms with Gasteiger partial charge in [-0.3, -0.25) is 0 Å². The number of nitrogens with zero attached hydrogens (tertiary/aromatic N) is 5. The third kappa shape index (κ3) is 5.94. The van der Waals surface area contributed by atoms with E-state index in [1.807, 2.05) is 72.8 Å². The lowest BCUT2D eigenvalue weighted by Crippen LogP contribution is -2.09. The van der Waals surface area contributed by atoms with Gasteiger partial charge in [-0.05, 0) is 47.9 Å². The first-order valence-electron chi connectivity index (χ1n) is 18.4. The van der Waals surface area contributed by atoms with Crippen LogP contribution < -0.4 is 4.90 Å². The van der Waals surface area contributed by atoms with Gasteiger partial charge in [0.1, 0.15) is 0 Å². The largest absolute Gasteiger partial charge is 0.311 e. The summed E-state index contributed by atoms with van der Waals surface area (Å²) in [5.74, 6) is 1.89. The molecule has 2 heterocycles. The molecule has 0 saturated heterocycles. The molecule has 2 aromatic heterocycles. The molecule has 0 unspecified atom stereocenters. The molecule has 8 aromatic carbocycles. The summed E-state index contributed by atoms with van der Waals surface area (Å²) in [5.41, 5.74) is 8.97. The fourth-order valence-electron chi connectivity index (χ4n) is 7.52. The number of fused-ring (bicyclic) bond motifs is 5. The average molecular weight is 704 g/mol. The highest BCUT2D eigenvalue weighted by atomic mass is 15.1. The summed E-state index contributed by atoms with van der Waals surface area (Å²) >= 11 is 0. The van der Waals surface area contributed by atoms with Crippen molar-refractivity contribution in [2.24, 2.45) is 0 Å². The highest BCUT2D eigenvalue weighted by molar-refractivity contribution is 6.25. The van der Waals surface area contributed by atoms with Crippen LogP contribution in [0.2, 0.25) is 0 Å². The predicted molar refractivity (Wildman–Crippen MR) is 227 cm³/mol. The van der Waals surface area contributed by atoms with Crippen molar-refractivity contribution >= 4 is 49.5 Å². The smallest absolute Gasteiger partial charge is 0.164 e. The van der Waals surface area contributed by atoms with E-state index in [1.165, 1.54) is 0 Å². The van der Waals surface area contributed by atoms with Gasteiger partial charge in [-0.2, -0.15) is 0 Å². The number of hydrogen-bond acceptors (Lipinski definition) is 5. The zero-order valence-corrected chi connectivity index (χ0v) is 29.8. The van der Waals surface area contributed by atoms with E-state index in [0.717, 1.165) is 77.5 Å². The molecule has 10 rings (SSSR count). The van der Waals surface area contributed by atoms with E-state index < -0.39 is 0 Å².